The fourth-order valence-electron chi connectivity index (χ4n) is 4.21. The highest BCUT2D eigenvalue weighted by Crippen LogP contribution is 2.29. The molecule has 208 valence electrons. The number of pyridine rings is 2. The standard InChI is InChI=1S/C25H23F3N8O4/c1-13-9-16(33-40-13)11-35-23(38)20-21(34(3)24(35)39)30-12-36(20)14(2)22(37)32-19-6-4-5-17(31-19)15-7-8-18(29-10-15)25(26,27)28/h4-10,12,14,22,37H,11H2,1-3H3,(H,31,32)/t14-,22?/m0/s1. The molecule has 5 aromatic heterocycles. The lowest BCUT2D eigenvalue weighted by Crippen LogP contribution is -2.40. The van der Waals surface area contributed by atoms with E-state index in [0.29, 0.717) is 22.7 Å². The minimum Gasteiger partial charge on any atom is -0.372 e. The Hall–Kier alpha value is -4.79. The number of imidazole rings is 1. The average molecular weight is 557 g/mol. The normalized spacial score (nSPS) is 13.5. The van der Waals surface area contributed by atoms with Gasteiger partial charge in [0.1, 0.15) is 29.2 Å². The van der Waals surface area contributed by atoms with Gasteiger partial charge in [-0.3, -0.25) is 18.9 Å². The number of hydrogen-bond acceptors (Lipinski definition) is 9. The van der Waals surface area contributed by atoms with Crippen molar-refractivity contribution in [1.82, 2.24) is 33.8 Å². The molecule has 0 saturated carbocycles. The van der Waals surface area contributed by atoms with Gasteiger partial charge in [-0.2, -0.15) is 13.2 Å². The molecular weight excluding hydrogens is 533 g/mol. The highest BCUT2D eigenvalue weighted by atomic mass is 19.4. The number of alkyl halides is 3. The van der Waals surface area contributed by atoms with E-state index < -0.39 is 35.4 Å². The lowest BCUT2D eigenvalue weighted by atomic mass is 10.1. The lowest BCUT2D eigenvalue weighted by Gasteiger charge is -2.22. The molecule has 0 amide bonds. The first-order valence-electron chi connectivity index (χ1n) is 12.0. The van der Waals surface area contributed by atoms with Gasteiger partial charge in [0.05, 0.1) is 24.6 Å². The maximum Gasteiger partial charge on any atom is 0.433 e. The summed E-state index contributed by atoms with van der Waals surface area (Å²) in [6, 6.07) is 7.75. The van der Waals surface area contributed by atoms with E-state index in [1.165, 1.54) is 28.6 Å². The summed E-state index contributed by atoms with van der Waals surface area (Å²) < 4.78 is 47.2. The van der Waals surface area contributed by atoms with Crippen molar-refractivity contribution in [2.24, 2.45) is 7.05 Å². The van der Waals surface area contributed by atoms with Crippen molar-refractivity contribution in [1.29, 1.82) is 0 Å². The molecule has 1 unspecified atom stereocenters. The first kappa shape index (κ1) is 26.8. The van der Waals surface area contributed by atoms with Gasteiger partial charge in [0.15, 0.2) is 11.2 Å². The zero-order valence-electron chi connectivity index (χ0n) is 21.4. The zero-order valence-corrected chi connectivity index (χ0v) is 21.4. The number of halogens is 3. The molecule has 5 rings (SSSR count). The van der Waals surface area contributed by atoms with Crippen LogP contribution in [0.3, 0.4) is 0 Å². The second-order valence-electron chi connectivity index (χ2n) is 9.15. The van der Waals surface area contributed by atoms with E-state index in [0.717, 1.165) is 16.8 Å². The second-order valence-corrected chi connectivity index (χ2v) is 9.15. The summed E-state index contributed by atoms with van der Waals surface area (Å²) in [5.41, 5.74) is -0.923. The third-order valence-electron chi connectivity index (χ3n) is 6.34. The molecule has 40 heavy (non-hydrogen) atoms. The summed E-state index contributed by atoms with van der Waals surface area (Å²) in [5.74, 6) is 0.758. The summed E-state index contributed by atoms with van der Waals surface area (Å²) in [6.07, 6.45) is -3.42. The minimum absolute atomic E-state index is 0.0909. The molecule has 0 aliphatic rings. The van der Waals surface area contributed by atoms with Crippen molar-refractivity contribution in [3.8, 4) is 11.3 Å². The Balaban J connectivity index is 1.42. The van der Waals surface area contributed by atoms with E-state index in [4.69, 9.17) is 4.52 Å². The van der Waals surface area contributed by atoms with E-state index in [-0.39, 0.29) is 23.5 Å². The van der Waals surface area contributed by atoms with Crippen molar-refractivity contribution in [2.45, 2.75) is 38.8 Å². The maximum absolute atomic E-state index is 13.4. The van der Waals surface area contributed by atoms with Gasteiger partial charge < -0.3 is 19.5 Å². The monoisotopic (exact) mass is 556 g/mol. The van der Waals surface area contributed by atoms with Crippen molar-refractivity contribution < 1.29 is 22.8 Å². The number of hydrogen-bond donors (Lipinski definition) is 2. The first-order chi connectivity index (χ1) is 18.9. The number of fused-ring (bicyclic) bond motifs is 1. The smallest absolute Gasteiger partial charge is 0.372 e. The van der Waals surface area contributed by atoms with Crippen LogP contribution in [0.2, 0.25) is 0 Å². The van der Waals surface area contributed by atoms with Gasteiger partial charge in [-0.05, 0) is 38.1 Å². The van der Waals surface area contributed by atoms with E-state index in [1.807, 2.05) is 0 Å². The fraction of sp³-hybridized carbons (Fsp3) is 0.280. The highest BCUT2D eigenvalue weighted by molar-refractivity contribution is 5.70. The molecule has 5 heterocycles. The number of aromatic nitrogens is 7. The van der Waals surface area contributed by atoms with Crippen LogP contribution in [0.1, 0.15) is 30.1 Å². The van der Waals surface area contributed by atoms with Crippen LogP contribution in [-0.2, 0) is 19.8 Å². The number of anilines is 1. The number of aliphatic hydroxyl groups is 1. The largest absolute Gasteiger partial charge is 0.433 e. The molecule has 0 bridgehead atoms. The molecule has 0 aliphatic carbocycles. The van der Waals surface area contributed by atoms with Gasteiger partial charge in [0, 0.05) is 24.9 Å². The number of rotatable bonds is 7. The third-order valence-corrected chi connectivity index (χ3v) is 6.34. The topological polar surface area (TPSA) is 146 Å². The maximum atomic E-state index is 13.4. The van der Waals surface area contributed by atoms with Crippen molar-refractivity contribution in [3.05, 3.63) is 86.9 Å². The predicted octanol–water partition coefficient (Wildman–Crippen LogP) is 2.71. The summed E-state index contributed by atoms with van der Waals surface area (Å²) in [4.78, 5) is 38.3. The molecule has 2 atom stereocenters. The Bertz CT molecular complexity index is 1800. The SMILES string of the molecule is Cc1cc(Cn2c(=O)c3c(ncn3[C@@H](C)C(O)Nc3cccc(-c4ccc(C(F)(F)F)nc4)n3)n(C)c2=O)no1. The molecule has 5 aromatic rings. The van der Waals surface area contributed by atoms with Gasteiger partial charge in [-0.15, -0.1) is 0 Å². The van der Waals surface area contributed by atoms with Gasteiger partial charge in [-0.25, -0.2) is 14.8 Å². The van der Waals surface area contributed by atoms with E-state index in [1.54, 1.807) is 38.1 Å². The van der Waals surface area contributed by atoms with Crippen LogP contribution < -0.4 is 16.6 Å². The Morgan fingerprint density at radius 1 is 1.15 bits per heavy atom. The van der Waals surface area contributed by atoms with Gasteiger partial charge >= 0.3 is 11.9 Å². The van der Waals surface area contributed by atoms with Gasteiger partial charge in [0.25, 0.3) is 5.56 Å². The molecule has 0 aromatic carbocycles. The van der Waals surface area contributed by atoms with Crippen LogP contribution in [0.25, 0.3) is 22.4 Å². The molecule has 0 spiro atoms. The molecular formula is C25H23F3N8O4. The quantitative estimate of drug-likeness (QED) is 0.289. The lowest BCUT2D eigenvalue weighted by molar-refractivity contribution is -0.141. The highest BCUT2D eigenvalue weighted by Gasteiger charge is 2.32. The van der Waals surface area contributed by atoms with Gasteiger partial charge in [-0.1, -0.05) is 11.2 Å². The van der Waals surface area contributed by atoms with Crippen molar-refractivity contribution in [3.63, 3.8) is 0 Å². The van der Waals surface area contributed by atoms with Crippen LogP contribution in [0.5, 0.6) is 0 Å². The van der Waals surface area contributed by atoms with Crippen molar-refractivity contribution in [2.75, 3.05) is 5.32 Å². The number of nitrogens with one attached hydrogen (secondary N) is 1. The average Bonchev–Trinajstić information content (AvgIpc) is 3.55. The van der Waals surface area contributed by atoms with Crippen LogP contribution in [0, 0.1) is 6.92 Å². The third kappa shape index (κ3) is 4.98. The van der Waals surface area contributed by atoms with E-state index in [2.05, 4.69) is 25.4 Å². The van der Waals surface area contributed by atoms with Crippen LogP contribution in [-0.4, -0.2) is 45.1 Å². The molecule has 0 radical (unpaired) electrons. The summed E-state index contributed by atoms with van der Waals surface area (Å²) in [6.45, 7) is 3.21. The minimum atomic E-state index is -4.56. The number of aliphatic hydroxyl groups excluding tert-OH is 1. The van der Waals surface area contributed by atoms with E-state index in [9.17, 15) is 27.9 Å². The summed E-state index contributed by atoms with van der Waals surface area (Å²) in [7, 11) is 1.48. The molecule has 15 heteroatoms. The number of aryl methyl sites for hydroxylation is 2. The number of nitrogens with zero attached hydrogens (tertiary/aromatic N) is 7. The molecule has 0 fully saturated rings. The van der Waals surface area contributed by atoms with Crippen LogP contribution >= 0.6 is 0 Å². The molecule has 12 nitrogen and oxygen atoms in total. The first-order valence-corrected chi connectivity index (χ1v) is 12.0. The molecule has 0 aliphatic heterocycles. The van der Waals surface area contributed by atoms with Crippen molar-refractivity contribution >= 4 is 17.0 Å². The predicted molar refractivity (Wildman–Crippen MR) is 136 cm³/mol. The van der Waals surface area contributed by atoms with Crippen LogP contribution in [0.15, 0.2) is 63.0 Å². The second kappa shape index (κ2) is 10.1. The summed E-state index contributed by atoms with van der Waals surface area (Å²) in [5, 5.41) is 17.7. The fourth-order valence-corrected chi connectivity index (χ4v) is 4.21. The molecule has 0 saturated heterocycles. The van der Waals surface area contributed by atoms with E-state index >= 15 is 0 Å². The Kier molecular flexibility index (Phi) is 6.75. The Morgan fingerprint density at radius 2 is 1.93 bits per heavy atom. The molecule has 2 N–H and O–H groups in total. The summed E-state index contributed by atoms with van der Waals surface area (Å²) >= 11 is 0. The van der Waals surface area contributed by atoms with Gasteiger partial charge in [0.2, 0.25) is 0 Å². The Morgan fingerprint density at radius 3 is 2.58 bits per heavy atom. The Labute approximate surface area is 223 Å². The zero-order chi connectivity index (χ0) is 28.8. The van der Waals surface area contributed by atoms with Crippen LogP contribution in [0.4, 0.5) is 19.0 Å².